The maximum atomic E-state index is 11.2. The summed E-state index contributed by atoms with van der Waals surface area (Å²) >= 11 is 0. The second-order valence-corrected chi connectivity index (χ2v) is 2.82. The topological polar surface area (TPSA) is 63.2 Å². The first-order valence-electron chi connectivity index (χ1n) is 4.24. The van der Waals surface area contributed by atoms with Crippen LogP contribution in [0.4, 0.5) is 0 Å². The van der Waals surface area contributed by atoms with E-state index in [2.05, 4.69) is 10.5 Å². The molecule has 0 aliphatic rings. The molecule has 0 aromatic heterocycles. The maximum Gasteiger partial charge on any atom is 0.369 e. The van der Waals surface area contributed by atoms with E-state index in [-0.39, 0.29) is 5.97 Å². The van der Waals surface area contributed by atoms with Crippen molar-refractivity contribution < 1.29 is 20.0 Å². The number of esters is 1. The fraction of sp³-hybridized carbons (Fsp3) is 0.300. The van der Waals surface area contributed by atoms with Gasteiger partial charge in [0.25, 0.3) is 0 Å². The highest BCUT2D eigenvalue weighted by Crippen LogP contribution is 2.22. The lowest BCUT2D eigenvalue weighted by molar-refractivity contribution is -0.414. The van der Waals surface area contributed by atoms with Crippen molar-refractivity contribution in [2.45, 2.75) is 6.04 Å². The molecule has 76 valence electrons. The number of para-hydroxylation sites is 1. The van der Waals surface area contributed by atoms with Crippen molar-refractivity contribution in [2.24, 2.45) is 0 Å². The average molecular weight is 196 g/mol. The second kappa shape index (κ2) is 4.62. The van der Waals surface area contributed by atoms with Crippen LogP contribution in [0.1, 0.15) is 11.6 Å². The third-order valence-corrected chi connectivity index (χ3v) is 2.00. The van der Waals surface area contributed by atoms with E-state index in [0.29, 0.717) is 5.75 Å². The molecule has 0 aliphatic carbocycles. The van der Waals surface area contributed by atoms with E-state index in [0.717, 1.165) is 5.56 Å². The van der Waals surface area contributed by atoms with E-state index < -0.39 is 6.04 Å². The van der Waals surface area contributed by atoms with Gasteiger partial charge in [0, 0.05) is 0 Å². The van der Waals surface area contributed by atoms with Gasteiger partial charge in [-0.1, -0.05) is 12.1 Å². The molecule has 0 radical (unpaired) electrons. The molecule has 0 aliphatic heterocycles. The van der Waals surface area contributed by atoms with Crippen molar-refractivity contribution in [3.8, 4) is 5.75 Å². The Morgan fingerprint density at radius 3 is 2.57 bits per heavy atom. The fourth-order valence-corrected chi connectivity index (χ4v) is 1.22. The summed E-state index contributed by atoms with van der Waals surface area (Å²) in [6, 6.07) is 6.71. The highest BCUT2D eigenvalue weighted by Gasteiger charge is 2.23. The van der Waals surface area contributed by atoms with Crippen LogP contribution >= 0.6 is 0 Å². The van der Waals surface area contributed by atoms with Gasteiger partial charge in [-0.05, 0) is 12.1 Å². The summed E-state index contributed by atoms with van der Waals surface area (Å²) in [6.07, 6.45) is 0. The standard InChI is InChI=1S/C10H13NO3/c1-13-8-6-4-3-5-7(8)9(11)10(12)14-2/h3-6,9H,11H2,1-2H3/p+1. The van der Waals surface area contributed by atoms with Gasteiger partial charge in [0.15, 0.2) is 0 Å². The molecular formula is C10H14NO3+. The lowest BCUT2D eigenvalue weighted by Gasteiger charge is -2.10. The molecule has 1 atom stereocenters. The van der Waals surface area contributed by atoms with Gasteiger partial charge in [0.2, 0.25) is 6.04 Å². The molecule has 0 amide bonds. The predicted molar refractivity (Wildman–Crippen MR) is 50.6 cm³/mol. The zero-order valence-corrected chi connectivity index (χ0v) is 8.32. The molecule has 0 spiro atoms. The van der Waals surface area contributed by atoms with Crippen LogP contribution < -0.4 is 10.5 Å². The van der Waals surface area contributed by atoms with Gasteiger partial charge in [-0.2, -0.15) is 0 Å². The smallest absolute Gasteiger partial charge is 0.369 e. The molecule has 0 heterocycles. The molecule has 3 N–H and O–H groups in total. The number of hydrogen-bond donors (Lipinski definition) is 1. The van der Waals surface area contributed by atoms with Crippen molar-refractivity contribution >= 4 is 5.97 Å². The van der Waals surface area contributed by atoms with Crippen LogP contribution in [0.5, 0.6) is 5.75 Å². The van der Waals surface area contributed by atoms with Crippen molar-refractivity contribution in [1.29, 1.82) is 0 Å². The highest BCUT2D eigenvalue weighted by atomic mass is 16.5. The largest absolute Gasteiger partial charge is 0.496 e. The van der Waals surface area contributed by atoms with Crippen molar-refractivity contribution in [1.82, 2.24) is 0 Å². The van der Waals surface area contributed by atoms with Crippen LogP contribution in [-0.4, -0.2) is 20.2 Å². The first-order chi connectivity index (χ1) is 6.70. The van der Waals surface area contributed by atoms with Crippen LogP contribution in [0.3, 0.4) is 0 Å². The summed E-state index contributed by atoms with van der Waals surface area (Å²) in [5.41, 5.74) is 4.47. The minimum atomic E-state index is -0.545. The van der Waals surface area contributed by atoms with Crippen molar-refractivity contribution in [3.63, 3.8) is 0 Å². The van der Waals surface area contributed by atoms with Gasteiger partial charge in [-0.15, -0.1) is 0 Å². The third-order valence-electron chi connectivity index (χ3n) is 2.00. The first-order valence-corrected chi connectivity index (χ1v) is 4.24. The maximum absolute atomic E-state index is 11.2. The molecule has 1 aromatic rings. The minimum absolute atomic E-state index is 0.366. The summed E-state index contributed by atoms with van der Waals surface area (Å²) < 4.78 is 9.72. The average Bonchev–Trinajstić information content (AvgIpc) is 2.26. The van der Waals surface area contributed by atoms with Crippen LogP contribution in [0.15, 0.2) is 24.3 Å². The molecule has 1 unspecified atom stereocenters. The summed E-state index contributed by atoms with van der Waals surface area (Å²) in [5.74, 6) is 0.285. The number of hydrogen-bond acceptors (Lipinski definition) is 3. The molecule has 0 fully saturated rings. The summed E-state index contributed by atoms with van der Waals surface area (Å²) in [4.78, 5) is 11.2. The Labute approximate surface area is 82.6 Å². The summed E-state index contributed by atoms with van der Waals surface area (Å²) in [7, 11) is 2.90. The van der Waals surface area contributed by atoms with E-state index in [4.69, 9.17) is 4.74 Å². The predicted octanol–water partition coefficient (Wildman–Crippen LogP) is 0.151. The summed E-state index contributed by atoms with van der Waals surface area (Å²) in [5, 5.41) is 0. The van der Waals surface area contributed by atoms with E-state index >= 15 is 0 Å². The molecule has 1 rings (SSSR count). The number of methoxy groups -OCH3 is 2. The molecule has 0 bridgehead atoms. The number of quaternary nitrogens is 1. The van der Waals surface area contributed by atoms with Crippen molar-refractivity contribution in [3.05, 3.63) is 29.8 Å². The molecule has 1 aromatic carbocycles. The van der Waals surface area contributed by atoms with Crippen LogP contribution in [0, 0.1) is 0 Å². The second-order valence-electron chi connectivity index (χ2n) is 2.82. The number of rotatable bonds is 3. The van der Waals surface area contributed by atoms with E-state index in [1.165, 1.54) is 7.11 Å². The van der Waals surface area contributed by atoms with E-state index in [1.807, 2.05) is 12.1 Å². The van der Waals surface area contributed by atoms with Gasteiger partial charge < -0.3 is 15.2 Å². The number of benzene rings is 1. The number of carbonyl (C=O) groups is 1. The Morgan fingerprint density at radius 2 is 2.00 bits per heavy atom. The Balaban J connectivity index is 2.99. The Kier molecular flexibility index (Phi) is 3.48. The van der Waals surface area contributed by atoms with Gasteiger partial charge in [0.1, 0.15) is 5.75 Å². The molecule has 14 heavy (non-hydrogen) atoms. The number of ether oxygens (including phenoxy) is 2. The summed E-state index contributed by atoms with van der Waals surface area (Å²) in [6.45, 7) is 0. The Hall–Kier alpha value is -1.55. The lowest BCUT2D eigenvalue weighted by Crippen LogP contribution is -2.57. The molecule has 4 heteroatoms. The SMILES string of the molecule is COC(=O)C([NH3+])c1ccccc1OC. The highest BCUT2D eigenvalue weighted by molar-refractivity contribution is 5.76. The third kappa shape index (κ3) is 2.03. The molecular weight excluding hydrogens is 182 g/mol. The minimum Gasteiger partial charge on any atom is -0.496 e. The van der Waals surface area contributed by atoms with Crippen molar-refractivity contribution in [2.75, 3.05) is 14.2 Å². The van der Waals surface area contributed by atoms with Gasteiger partial charge >= 0.3 is 5.97 Å². The van der Waals surface area contributed by atoms with Crippen LogP contribution in [-0.2, 0) is 9.53 Å². The number of carbonyl (C=O) groups excluding carboxylic acids is 1. The van der Waals surface area contributed by atoms with Crippen LogP contribution in [0.2, 0.25) is 0 Å². The van der Waals surface area contributed by atoms with E-state index in [1.54, 1.807) is 19.2 Å². The molecule has 0 saturated carbocycles. The lowest BCUT2D eigenvalue weighted by atomic mass is 10.1. The van der Waals surface area contributed by atoms with Gasteiger partial charge in [0.05, 0.1) is 19.8 Å². The zero-order valence-electron chi connectivity index (χ0n) is 8.32. The van der Waals surface area contributed by atoms with Gasteiger partial charge in [-0.3, -0.25) is 0 Å². The van der Waals surface area contributed by atoms with Gasteiger partial charge in [-0.25, -0.2) is 4.79 Å². The zero-order chi connectivity index (χ0) is 10.6. The molecule has 0 saturated heterocycles. The monoisotopic (exact) mass is 196 g/mol. The molecule has 4 nitrogen and oxygen atoms in total. The van der Waals surface area contributed by atoms with Crippen LogP contribution in [0.25, 0.3) is 0 Å². The normalized spacial score (nSPS) is 11.9. The quantitative estimate of drug-likeness (QED) is 0.700. The Morgan fingerprint density at radius 1 is 1.36 bits per heavy atom. The fourth-order valence-electron chi connectivity index (χ4n) is 1.22. The Bertz CT molecular complexity index is 325. The van der Waals surface area contributed by atoms with E-state index in [9.17, 15) is 4.79 Å². The first kappa shape index (κ1) is 10.5.